The normalized spacial score (nSPS) is 21.7. The molecule has 4 heterocycles. The van der Waals surface area contributed by atoms with Crippen molar-refractivity contribution in [2.75, 3.05) is 13.1 Å². The molecule has 2 aromatic heterocycles. The van der Waals surface area contributed by atoms with Crippen LogP contribution in [0.3, 0.4) is 0 Å². The molecule has 1 N–H and O–H groups in total. The minimum Gasteiger partial charge on any atom is -0.334 e. The maximum absolute atomic E-state index is 13.0. The highest BCUT2D eigenvalue weighted by atomic mass is 16.2. The second-order valence-electron chi connectivity index (χ2n) is 7.44. The Balaban J connectivity index is 1.35. The predicted octanol–water partition coefficient (Wildman–Crippen LogP) is 2.25. The zero-order valence-corrected chi connectivity index (χ0v) is 15.2. The van der Waals surface area contributed by atoms with Gasteiger partial charge in [-0.05, 0) is 37.4 Å². The van der Waals surface area contributed by atoms with E-state index in [2.05, 4.69) is 44.1 Å². The summed E-state index contributed by atoms with van der Waals surface area (Å²) in [6, 6.07) is 13.1. The molecule has 1 aromatic carbocycles. The van der Waals surface area contributed by atoms with Gasteiger partial charge >= 0.3 is 0 Å². The summed E-state index contributed by atoms with van der Waals surface area (Å²) in [5.41, 5.74) is 3.56. The van der Waals surface area contributed by atoms with Crippen molar-refractivity contribution in [3.63, 3.8) is 0 Å². The molecule has 2 atom stereocenters. The van der Waals surface area contributed by atoms with Crippen LogP contribution in [-0.4, -0.2) is 50.5 Å². The second kappa shape index (κ2) is 6.78. The van der Waals surface area contributed by atoms with E-state index in [1.807, 2.05) is 23.4 Å². The Bertz CT molecular complexity index is 967. The summed E-state index contributed by atoms with van der Waals surface area (Å²) in [5, 5.41) is 3.49. The van der Waals surface area contributed by atoms with Crippen LogP contribution in [0, 0.1) is 0 Å². The fourth-order valence-electron chi connectivity index (χ4n) is 4.41. The number of likely N-dealkylation sites (tertiary alicyclic amines) is 1. The Kier molecular flexibility index (Phi) is 4.13. The number of hydrogen-bond acceptors (Lipinski definition) is 4. The maximum Gasteiger partial charge on any atom is 0.255 e. The zero-order valence-electron chi connectivity index (χ0n) is 15.2. The molecule has 6 heteroatoms. The van der Waals surface area contributed by atoms with Gasteiger partial charge in [0, 0.05) is 31.4 Å². The third-order valence-corrected chi connectivity index (χ3v) is 5.84. The number of nitrogens with one attached hydrogen (secondary N) is 1. The zero-order chi connectivity index (χ0) is 18.2. The first-order chi connectivity index (χ1) is 13.3. The SMILES string of the molecule is O=C(c1cnc2c(c1)ncn2CCc1ccccc1)N1CC[C@@H]2NCC[C@@H]21. The number of amides is 1. The number of pyridine rings is 1. The van der Waals surface area contributed by atoms with Gasteiger partial charge in [-0.15, -0.1) is 0 Å². The molecule has 2 aliphatic heterocycles. The highest BCUT2D eigenvalue weighted by molar-refractivity contribution is 5.96. The number of aryl methyl sites for hydroxylation is 2. The number of carbonyl (C=O) groups excluding carboxylic acids is 1. The predicted molar refractivity (Wildman–Crippen MR) is 104 cm³/mol. The van der Waals surface area contributed by atoms with Crippen LogP contribution in [0.15, 0.2) is 48.9 Å². The van der Waals surface area contributed by atoms with E-state index in [1.54, 1.807) is 6.20 Å². The number of nitrogens with zero attached hydrogens (tertiary/aromatic N) is 4. The lowest BCUT2D eigenvalue weighted by Crippen LogP contribution is -2.38. The minimum atomic E-state index is 0.0828. The van der Waals surface area contributed by atoms with Gasteiger partial charge in [-0.3, -0.25) is 4.79 Å². The van der Waals surface area contributed by atoms with Crippen LogP contribution in [0.5, 0.6) is 0 Å². The van der Waals surface area contributed by atoms with Crippen LogP contribution < -0.4 is 5.32 Å². The Morgan fingerprint density at radius 1 is 1.19 bits per heavy atom. The summed E-state index contributed by atoms with van der Waals surface area (Å²) in [5.74, 6) is 0.0828. The first-order valence-electron chi connectivity index (χ1n) is 9.69. The third kappa shape index (κ3) is 3.00. The summed E-state index contributed by atoms with van der Waals surface area (Å²) in [7, 11) is 0. The number of aromatic nitrogens is 3. The highest BCUT2D eigenvalue weighted by Crippen LogP contribution is 2.27. The van der Waals surface area contributed by atoms with Gasteiger partial charge in [0.05, 0.1) is 11.9 Å². The standard InChI is InChI=1S/C21H23N5O/c27-21(26-11-8-17-19(26)6-9-22-17)16-12-18-20(23-13-16)25(14-24-18)10-7-15-4-2-1-3-5-15/h1-5,12-14,17,19,22H,6-11H2/t17-,19-/m0/s1. The molecule has 27 heavy (non-hydrogen) atoms. The van der Waals surface area contributed by atoms with Crippen LogP contribution in [0.4, 0.5) is 0 Å². The van der Waals surface area contributed by atoms with E-state index < -0.39 is 0 Å². The Hall–Kier alpha value is -2.73. The lowest BCUT2D eigenvalue weighted by Gasteiger charge is -2.23. The molecular formula is C21H23N5O. The van der Waals surface area contributed by atoms with Gasteiger partial charge in [0.1, 0.15) is 5.52 Å². The molecule has 2 saturated heterocycles. The van der Waals surface area contributed by atoms with E-state index >= 15 is 0 Å². The van der Waals surface area contributed by atoms with Crippen LogP contribution in [-0.2, 0) is 13.0 Å². The van der Waals surface area contributed by atoms with Crippen molar-refractivity contribution in [2.45, 2.75) is 37.9 Å². The Labute approximate surface area is 158 Å². The fourth-order valence-corrected chi connectivity index (χ4v) is 4.41. The summed E-state index contributed by atoms with van der Waals surface area (Å²) < 4.78 is 2.06. The van der Waals surface area contributed by atoms with Gasteiger partial charge < -0.3 is 14.8 Å². The van der Waals surface area contributed by atoms with Gasteiger partial charge in [-0.25, -0.2) is 9.97 Å². The number of fused-ring (bicyclic) bond motifs is 2. The molecule has 0 aliphatic carbocycles. The molecule has 0 saturated carbocycles. The average molecular weight is 361 g/mol. The van der Waals surface area contributed by atoms with Crippen molar-refractivity contribution in [1.82, 2.24) is 24.8 Å². The second-order valence-corrected chi connectivity index (χ2v) is 7.44. The lowest BCUT2D eigenvalue weighted by molar-refractivity contribution is 0.0736. The van der Waals surface area contributed by atoms with Crippen molar-refractivity contribution >= 4 is 17.1 Å². The summed E-state index contributed by atoms with van der Waals surface area (Å²) in [6.07, 6.45) is 6.54. The Morgan fingerprint density at radius 2 is 2.07 bits per heavy atom. The van der Waals surface area contributed by atoms with Gasteiger partial charge in [0.15, 0.2) is 5.65 Å². The monoisotopic (exact) mass is 361 g/mol. The molecule has 0 radical (unpaired) electrons. The molecule has 2 aliphatic rings. The first kappa shape index (κ1) is 16.4. The van der Waals surface area contributed by atoms with Crippen LogP contribution >= 0.6 is 0 Å². The smallest absolute Gasteiger partial charge is 0.255 e. The number of rotatable bonds is 4. The van der Waals surface area contributed by atoms with E-state index in [1.165, 1.54) is 5.56 Å². The van der Waals surface area contributed by atoms with Gasteiger partial charge in [0.2, 0.25) is 0 Å². The summed E-state index contributed by atoms with van der Waals surface area (Å²) in [6.45, 7) is 2.65. The molecule has 3 aromatic rings. The summed E-state index contributed by atoms with van der Waals surface area (Å²) in [4.78, 5) is 24.0. The van der Waals surface area contributed by atoms with Crippen LogP contribution in [0.2, 0.25) is 0 Å². The average Bonchev–Trinajstić information content (AvgIpc) is 3.42. The molecule has 0 spiro atoms. The number of imidazole rings is 1. The van der Waals surface area contributed by atoms with E-state index in [-0.39, 0.29) is 5.91 Å². The fraction of sp³-hybridized carbons (Fsp3) is 0.381. The maximum atomic E-state index is 13.0. The largest absolute Gasteiger partial charge is 0.334 e. The number of hydrogen-bond donors (Lipinski definition) is 1. The molecule has 0 bridgehead atoms. The molecular weight excluding hydrogens is 338 g/mol. The topological polar surface area (TPSA) is 63.1 Å². The molecule has 138 valence electrons. The van der Waals surface area contributed by atoms with Crippen molar-refractivity contribution in [2.24, 2.45) is 0 Å². The van der Waals surface area contributed by atoms with Crippen LogP contribution in [0.1, 0.15) is 28.8 Å². The minimum absolute atomic E-state index is 0.0828. The van der Waals surface area contributed by atoms with Crippen LogP contribution in [0.25, 0.3) is 11.2 Å². The lowest BCUT2D eigenvalue weighted by atomic mass is 10.1. The number of benzene rings is 1. The molecule has 0 unspecified atom stereocenters. The molecule has 1 amide bonds. The van der Waals surface area contributed by atoms with Gasteiger partial charge in [0.25, 0.3) is 5.91 Å². The van der Waals surface area contributed by atoms with Gasteiger partial charge in [-0.2, -0.15) is 0 Å². The van der Waals surface area contributed by atoms with E-state index in [9.17, 15) is 4.79 Å². The third-order valence-electron chi connectivity index (χ3n) is 5.84. The molecule has 2 fully saturated rings. The number of carbonyl (C=O) groups is 1. The molecule has 5 rings (SSSR count). The first-order valence-corrected chi connectivity index (χ1v) is 9.69. The quantitative estimate of drug-likeness (QED) is 0.774. The van der Waals surface area contributed by atoms with Crippen molar-refractivity contribution in [1.29, 1.82) is 0 Å². The summed E-state index contributed by atoms with van der Waals surface area (Å²) >= 11 is 0. The van der Waals surface area contributed by atoms with Crippen molar-refractivity contribution in [3.05, 3.63) is 60.0 Å². The highest BCUT2D eigenvalue weighted by Gasteiger charge is 2.40. The van der Waals surface area contributed by atoms with Crippen molar-refractivity contribution < 1.29 is 4.79 Å². The van der Waals surface area contributed by atoms with E-state index in [4.69, 9.17) is 0 Å². The molecule has 6 nitrogen and oxygen atoms in total. The van der Waals surface area contributed by atoms with Gasteiger partial charge in [-0.1, -0.05) is 30.3 Å². The van der Waals surface area contributed by atoms with E-state index in [0.717, 1.165) is 50.1 Å². The van der Waals surface area contributed by atoms with E-state index in [0.29, 0.717) is 17.6 Å². The van der Waals surface area contributed by atoms with Crippen molar-refractivity contribution in [3.8, 4) is 0 Å². The Morgan fingerprint density at radius 3 is 2.96 bits per heavy atom.